The first kappa shape index (κ1) is 21.3. The fourth-order valence-corrected chi connectivity index (χ4v) is 3.71. The molecule has 0 aliphatic carbocycles. The summed E-state index contributed by atoms with van der Waals surface area (Å²) in [7, 11) is 1.29. The lowest BCUT2D eigenvalue weighted by molar-refractivity contribution is -0.142. The van der Waals surface area contributed by atoms with Crippen molar-refractivity contribution in [1.29, 1.82) is 0 Å². The molecule has 0 bridgehead atoms. The molecule has 3 rings (SSSR count). The zero-order valence-corrected chi connectivity index (χ0v) is 18.0. The number of rotatable bonds is 5. The number of amides is 1. The van der Waals surface area contributed by atoms with Crippen LogP contribution in [0.4, 0.5) is 5.69 Å². The SMILES string of the molecule is COC(=O)C[C@@H]1N=C(c2ccccc2Cl)c2cc(Cl)ccc2N(CC(C)C)C1=O. The maximum absolute atomic E-state index is 13.4. The van der Waals surface area contributed by atoms with Crippen LogP contribution in [0.5, 0.6) is 0 Å². The average molecular weight is 433 g/mol. The quantitative estimate of drug-likeness (QED) is 0.639. The van der Waals surface area contributed by atoms with Crippen molar-refractivity contribution in [2.45, 2.75) is 26.3 Å². The Morgan fingerprint density at radius 1 is 1.17 bits per heavy atom. The molecule has 0 unspecified atom stereocenters. The largest absolute Gasteiger partial charge is 0.469 e. The number of hydrogen-bond acceptors (Lipinski definition) is 4. The van der Waals surface area contributed by atoms with Crippen LogP contribution in [0.3, 0.4) is 0 Å². The number of fused-ring (bicyclic) bond motifs is 1. The Morgan fingerprint density at radius 3 is 2.55 bits per heavy atom. The lowest BCUT2D eigenvalue weighted by Crippen LogP contribution is -2.41. The topological polar surface area (TPSA) is 59.0 Å². The van der Waals surface area contributed by atoms with E-state index in [9.17, 15) is 9.59 Å². The highest BCUT2D eigenvalue weighted by atomic mass is 35.5. The number of halogens is 2. The van der Waals surface area contributed by atoms with Crippen molar-refractivity contribution in [3.63, 3.8) is 0 Å². The average Bonchev–Trinajstić information content (AvgIpc) is 2.78. The Hall–Kier alpha value is -2.37. The van der Waals surface area contributed by atoms with Gasteiger partial charge in [0.05, 0.1) is 24.9 Å². The summed E-state index contributed by atoms with van der Waals surface area (Å²) in [5, 5.41) is 1.02. The number of hydrogen-bond donors (Lipinski definition) is 0. The molecule has 1 aliphatic heterocycles. The third-order valence-electron chi connectivity index (χ3n) is 4.60. The lowest BCUT2D eigenvalue weighted by Gasteiger charge is -2.26. The van der Waals surface area contributed by atoms with Gasteiger partial charge in [-0.05, 0) is 30.2 Å². The molecule has 2 aromatic rings. The van der Waals surface area contributed by atoms with E-state index in [4.69, 9.17) is 32.9 Å². The van der Waals surface area contributed by atoms with Gasteiger partial charge in [-0.2, -0.15) is 0 Å². The molecule has 1 aliphatic rings. The first-order chi connectivity index (χ1) is 13.8. The lowest BCUT2D eigenvalue weighted by atomic mass is 9.99. The number of esters is 1. The van der Waals surface area contributed by atoms with E-state index in [-0.39, 0.29) is 18.2 Å². The number of ether oxygens (including phenoxy) is 1. The molecule has 1 atom stereocenters. The van der Waals surface area contributed by atoms with Gasteiger partial charge in [0, 0.05) is 27.7 Å². The summed E-state index contributed by atoms with van der Waals surface area (Å²) in [5.74, 6) is -0.545. The third-order valence-corrected chi connectivity index (χ3v) is 5.17. The van der Waals surface area contributed by atoms with Crippen molar-refractivity contribution in [1.82, 2.24) is 0 Å². The van der Waals surface area contributed by atoms with Gasteiger partial charge in [0.15, 0.2) is 0 Å². The number of anilines is 1. The second-order valence-corrected chi connectivity index (χ2v) is 8.10. The van der Waals surface area contributed by atoms with Gasteiger partial charge in [-0.15, -0.1) is 0 Å². The minimum absolute atomic E-state index is 0.153. The summed E-state index contributed by atoms with van der Waals surface area (Å²) in [4.78, 5) is 31.8. The van der Waals surface area contributed by atoms with E-state index in [1.807, 2.05) is 38.1 Å². The van der Waals surface area contributed by atoms with Crippen LogP contribution in [0.25, 0.3) is 0 Å². The maximum Gasteiger partial charge on any atom is 0.308 e. The minimum atomic E-state index is -0.918. The summed E-state index contributed by atoms with van der Waals surface area (Å²) < 4.78 is 4.79. The van der Waals surface area contributed by atoms with Crippen molar-refractivity contribution in [3.8, 4) is 0 Å². The zero-order valence-electron chi connectivity index (χ0n) is 16.5. The number of benzene rings is 2. The number of nitrogens with zero attached hydrogens (tertiary/aromatic N) is 2. The molecule has 0 saturated carbocycles. The van der Waals surface area contributed by atoms with E-state index in [1.165, 1.54) is 7.11 Å². The van der Waals surface area contributed by atoms with Crippen molar-refractivity contribution in [3.05, 3.63) is 63.6 Å². The fourth-order valence-electron chi connectivity index (χ4n) is 3.31. The molecule has 1 heterocycles. The van der Waals surface area contributed by atoms with Gasteiger partial charge >= 0.3 is 5.97 Å². The van der Waals surface area contributed by atoms with E-state index in [1.54, 1.807) is 23.1 Å². The molecule has 1 amide bonds. The molecule has 0 spiro atoms. The first-order valence-corrected chi connectivity index (χ1v) is 10.1. The predicted octanol–water partition coefficient (Wildman–Crippen LogP) is 4.77. The van der Waals surface area contributed by atoms with E-state index in [0.29, 0.717) is 39.1 Å². The van der Waals surface area contributed by atoms with Crippen molar-refractivity contribution < 1.29 is 14.3 Å². The molecule has 29 heavy (non-hydrogen) atoms. The second-order valence-electron chi connectivity index (χ2n) is 7.26. The molecule has 0 fully saturated rings. The normalized spacial score (nSPS) is 16.3. The zero-order chi connectivity index (χ0) is 21.1. The van der Waals surface area contributed by atoms with Gasteiger partial charge in [0.25, 0.3) is 5.91 Å². The van der Waals surface area contributed by atoms with Gasteiger partial charge in [-0.3, -0.25) is 14.6 Å². The van der Waals surface area contributed by atoms with Crippen LogP contribution >= 0.6 is 23.2 Å². The summed E-state index contributed by atoms with van der Waals surface area (Å²) in [5.41, 5.74) is 2.60. The maximum atomic E-state index is 13.4. The Kier molecular flexibility index (Phi) is 6.60. The monoisotopic (exact) mass is 432 g/mol. The molecule has 0 saturated heterocycles. The van der Waals surface area contributed by atoms with E-state index < -0.39 is 12.0 Å². The molecule has 152 valence electrons. The number of carbonyl (C=O) groups excluding carboxylic acids is 2. The van der Waals surface area contributed by atoms with Crippen LogP contribution < -0.4 is 4.90 Å². The Balaban J connectivity index is 2.26. The number of methoxy groups -OCH3 is 1. The van der Waals surface area contributed by atoms with Crippen molar-refractivity contribution in [2.24, 2.45) is 10.9 Å². The molecule has 0 radical (unpaired) electrons. The van der Waals surface area contributed by atoms with Crippen LogP contribution in [-0.4, -0.2) is 37.3 Å². The molecular weight excluding hydrogens is 411 g/mol. The molecular formula is C22H22Cl2N2O3. The smallest absolute Gasteiger partial charge is 0.308 e. The highest BCUT2D eigenvalue weighted by Gasteiger charge is 2.34. The summed E-state index contributed by atoms with van der Waals surface area (Å²) in [6.07, 6.45) is -0.153. The Labute approximate surface area is 180 Å². The number of aliphatic imine (C=N–C) groups is 1. The van der Waals surface area contributed by atoms with E-state index in [0.717, 1.165) is 0 Å². The van der Waals surface area contributed by atoms with Gasteiger partial charge in [0.1, 0.15) is 6.04 Å². The molecule has 2 aromatic carbocycles. The summed E-state index contributed by atoms with van der Waals surface area (Å²) in [6, 6.07) is 11.7. The van der Waals surface area contributed by atoms with Gasteiger partial charge in [0.2, 0.25) is 0 Å². The van der Waals surface area contributed by atoms with Crippen LogP contribution in [0, 0.1) is 5.92 Å². The number of benzodiazepines with no additional fused rings is 1. The van der Waals surface area contributed by atoms with Gasteiger partial charge in [-0.25, -0.2) is 0 Å². The van der Waals surface area contributed by atoms with Crippen LogP contribution in [-0.2, 0) is 14.3 Å². The molecule has 7 heteroatoms. The van der Waals surface area contributed by atoms with Crippen molar-refractivity contribution in [2.75, 3.05) is 18.6 Å². The van der Waals surface area contributed by atoms with E-state index >= 15 is 0 Å². The fraction of sp³-hybridized carbons (Fsp3) is 0.318. The highest BCUT2D eigenvalue weighted by Crippen LogP contribution is 2.33. The molecule has 0 N–H and O–H groups in total. The standard InChI is InChI=1S/C22H22Cl2N2O3/c1-13(2)12-26-19-9-8-14(23)10-16(19)21(15-6-4-5-7-17(15)24)25-18(22(26)28)11-20(27)29-3/h4-10,13,18H,11-12H2,1-3H3/t18-/m0/s1. The van der Waals surface area contributed by atoms with E-state index in [2.05, 4.69) is 0 Å². The van der Waals surface area contributed by atoms with Crippen LogP contribution in [0.2, 0.25) is 10.0 Å². The Bertz CT molecular complexity index is 972. The summed E-state index contributed by atoms with van der Waals surface area (Å²) >= 11 is 12.7. The van der Waals surface area contributed by atoms with Crippen LogP contribution in [0.1, 0.15) is 31.4 Å². The summed E-state index contributed by atoms with van der Waals surface area (Å²) in [6.45, 7) is 4.54. The van der Waals surface area contributed by atoms with Gasteiger partial charge in [-0.1, -0.05) is 55.2 Å². The molecule has 5 nitrogen and oxygen atoms in total. The van der Waals surface area contributed by atoms with Gasteiger partial charge < -0.3 is 9.64 Å². The van der Waals surface area contributed by atoms with Crippen molar-refractivity contribution >= 4 is 46.5 Å². The molecule has 0 aromatic heterocycles. The van der Waals surface area contributed by atoms with Crippen LogP contribution in [0.15, 0.2) is 47.5 Å². The third kappa shape index (κ3) is 4.62. The Morgan fingerprint density at radius 2 is 1.90 bits per heavy atom. The second kappa shape index (κ2) is 8.97. The first-order valence-electron chi connectivity index (χ1n) is 9.32. The minimum Gasteiger partial charge on any atom is -0.469 e. The number of carbonyl (C=O) groups is 2. The highest BCUT2D eigenvalue weighted by molar-refractivity contribution is 6.37. The predicted molar refractivity (Wildman–Crippen MR) is 116 cm³/mol.